The third-order valence-electron chi connectivity index (χ3n) is 4.03. The van der Waals surface area contributed by atoms with Crippen LogP contribution in [0.4, 0.5) is 0 Å². The summed E-state index contributed by atoms with van der Waals surface area (Å²) in [5.41, 5.74) is 2.88. The van der Waals surface area contributed by atoms with Crippen LogP contribution in [0.5, 0.6) is 11.6 Å². The highest BCUT2D eigenvalue weighted by molar-refractivity contribution is 7.09. The highest BCUT2D eigenvalue weighted by Crippen LogP contribution is 2.24. The fourth-order valence-corrected chi connectivity index (χ4v) is 3.49. The van der Waals surface area contributed by atoms with Crippen LogP contribution in [0.2, 0.25) is 0 Å². The van der Waals surface area contributed by atoms with E-state index in [2.05, 4.69) is 9.97 Å². The first kappa shape index (κ1) is 16.4. The summed E-state index contributed by atoms with van der Waals surface area (Å²) < 4.78 is 5.83. The fraction of sp³-hybridized carbons (Fsp3) is 0.100. The summed E-state index contributed by atoms with van der Waals surface area (Å²) in [4.78, 5) is 18.5. The van der Waals surface area contributed by atoms with Crippen LogP contribution in [0.1, 0.15) is 16.0 Å². The Morgan fingerprint density at radius 3 is 2.69 bits per heavy atom. The average molecular weight is 364 g/mol. The van der Waals surface area contributed by atoms with Gasteiger partial charge >= 0.3 is 4.87 Å². The van der Waals surface area contributed by atoms with E-state index in [-0.39, 0.29) is 10.8 Å². The number of hydrogen-bond acceptors (Lipinski definition) is 5. The normalized spacial score (nSPS) is 10.9. The Bertz CT molecular complexity index is 1100. The Kier molecular flexibility index (Phi) is 4.41. The van der Waals surface area contributed by atoms with Crippen LogP contribution in [-0.4, -0.2) is 15.1 Å². The van der Waals surface area contributed by atoms with Gasteiger partial charge in [0.25, 0.3) is 0 Å². The van der Waals surface area contributed by atoms with Gasteiger partial charge in [0.15, 0.2) is 0 Å². The summed E-state index contributed by atoms with van der Waals surface area (Å²) in [7, 11) is 0. The van der Waals surface area contributed by atoms with Gasteiger partial charge in [0.05, 0.1) is 10.4 Å². The molecule has 0 atom stereocenters. The van der Waals surface area contributed by atoms with Crippen molar-refractivity contribution < 1.29 is 9.84 Å². The molecule has 0 aliphatic heterocycles. The second kappa shape index (κ2) is 7.01. The predicted molar refractivity (Wildman–Crippen MR) is 102 cm³/mol. The molecule has 0 unspecified atom stereocenters. The predicted octanol–water partition coefficient (Wildman–Crippen LogP) is 3.86. The molecule has 2 aromatic carbocycles. The molecule has 5 nitrogen and oxygen atoms in total. The van der Waals surface area contributed by atoms with Crippen molar-refractivity contribution in [2.24, 2.45) is 0 Å². The second-order valence-corrected chi connectivity index (χ2v) is 7.00. The SMILES string of the molecule is O=c1[nH]c(O)c(Cc2cnc3cc(OCc4ccccc4)ccc3c2)s1. The van der Waals surface area contributed by atoms with Gasteiger partial charge in [-0.1, -0.05) is 41.7 Å². The lowest BCUT2D eigenvalue weighted by Gasteiger charge is -2.08. The molecule has 0 saturated carbocycles. The number of nitrogens with one attached hydrogen (secondary N) is 1. The van der Waals surface area contributed by atoms with Crippen molar-refractivity contribution in [1.29, 1.82) is 0 Å². The number of aromatic nitrogens is 2. The minimum absolute atomic E-state index is 0.0650. The zero-order valence-electron chi connectivity index (χ0n) is 13.8. The largest absolute Gasteiger partial charge is 0.494 e. The number of H-pyrrole nitrogens is 1. The van der Waals surface area contributed by atoms with Crippen molar-refractivity contribution in [2.75, 3.05) is 0 Å². The van der Waals surface area contributed by atoms with Gasteiger partial charge in [-0.2, -0.15) is 0 Å². The molecule has 130 valence electrons. The number of benzene rings is 2. The van der Waals surface area contributed by atoms with Crippen LogP contribution in [0.15, 0.2) is 65.6 Å². The number of fused-ring (bicyclic) bond motifs is 1. The molecule has 0 spiro atoms. The van der Waals surface area contributed by atoms with Gasteiger partial charge < -0.3 is 9.84 Å². The Morgan fingerprint density at radius 1 is 1.08 bits per heavy atom. The molecule has 4 rings (SSSR count). The average Bonchev–Trinajstić information content (AvgIpc) is 2.97. The van der Waals surface area contributed by atoms with Gasteiger partial charge in [-0.3, -0.25) is 14.8 Å². The van der Waals surface area contributed by atoms with Gasteiger partial charge in [0.1, 0.15) is 12.4 Å². The summed E-state index contributed by atoms with van der Waals surface area (Å²) in [6, 6.07) is 17.8. The summed E-state index contributed by atoms with van der Waals surface area (Å²) in [6.45, 7) is 0.510. The molecular formula is C20H16N2O3S. The van der Waals surface area contributed by atoms with Gasteiger partial charge in [-0.15, -0.1) is 0 Å². The van der Waals surface area contributed by atoms with E-state index in [4.69, 9.17) is 4.74 Å². The van der Waals surface area contributed by atoms with Crippen molar-refractivity contribution in [3.63, 3.8) is 0 Å². The number of aromatic hydroxyl groups is 1. The van der Waals surface area contributed by atoms with E-state index in [0.29, 0.717) is 17.9 Å². The van der Waals surface area contributed by atoms with Gasteiger partial charge in [0, 0.05) is 24.1 Å². The maximum atomic E-state index is 11.3. The molecule has 2 aromatic heterocycles. The number of hydrogen-bond donors (Lipinski definition) is 2. The minimum atomic E-state index is -0.258. The number of thiazole rings is 1. The lowest BCUT2D eigenvalue weighted by Crippen LogP contribution is -1.95. The summed E-state index contributed by atoms with van der Waals surface area (Å²) in [5.74, 6) is 0.702. The van der Waals surface area contributed by atoms with Crippen molar-refractivity contribution in [1.82, 2.24) is 9.97 Å². The summed E-state index contributed by atoms with van der Waals surface area (Å²) in [6.07, 6.45) is 2.22. The monoisotopic (exact) mass is 364 g/mol. The first-order chi connectivity index (χ1) is 12.7. The second-order valence-electron chi connectivity index (χ2n) is 5.94. The van der Waals surface area contributed by atoms with E-state index < -0.39 is 0 Å². The smallest absolute Gasteiger partial charge is 0.307 e. The Morgan fingerprint density at radius 2 is 1.92 bits per heavy atom. The maximum absolute atomic E-state index is 11.3. The molecule has 0 bridgehead atoms. The van der Waals surface area contributed by atoms with Gasteiger partial charge in [0.2, 0.25) is 5.88 Å². The third kappa shape index (κ3) is 3.60. The Labute approximate surface area is 153 Å². The zero-order chi connectivity index (χ0) is 17.9. The molecule has 0 radical (unpaired) electrons. The number of aromatic amines is 1. The lowest BCUT2D eigenvalue weighted by atomic mass is 10.1. The number of rotatable bonds is 5. The van der Waals surface area contributed by atoms with Crippen LogP contribution in [0.25, 0.3) is 10.9 Å². The third-order valence-corrected chi connectivity index (χ3v) is 4.90. The highest BCUT2D eigenvalue weighted by Gasteiger charge is 2.09. The van der Waals surface area contributed by atoms with Gasteiger partial charge in [-0.05, 0) is 29.3 Å². The van der Waals surface area contributed by atoms with Crippen LogP contribution in [0.3, 0.4) is 0 Å². The van der Waals surface area contributed by atoms with Crippen molar-refractivity contribution in [3.05, 3.63) is 86.5 Å². The zero-order valence-corrected chi connectivity index (χ0v) is 14.6. The molecule has 0 aliphatic carbocycles. The standard InChI is InChI=1S/C20H16N2O3S/c23-19-18(26-20(24)22-19)9-14-8-15-6-7-16(10-17(15)21-11-14)25-12-13-4-2-1-3-5-13/h1-8,10-11,23H,9,12H2,(H,22,24). The van der Waals surface area contributed by atoms with Crippen molar-refractivity contribution >= 4 is 22.2 Å². The molecular weight excluding hydrogens is 348 g/mol. The maximum Gasteiger partial charge on any atom is 0.307 e. The molecule has 2 heterocycles. The minimum Gasteiger partial charge on any atom is -0.494 e. The molecule has 2 N–H and O–H groups in total. The van der Waals surface area contributed by atoms with Crippen molar-refractivity contribution in [2.45, 2.75) is 13.0 Å². The molecule has 0 saturated heterocycles. The summed E-state index contributed by atoms with van der Waals surface area (Å²) in [5, 5.41) is 10.7. The van der Waals surface area contributed by atoms with Crippen molar-refractivity contribution in [3.8, 4) is 11.6 Å². The van der Waals surface area contributed by atoms with E-state index in [0.717, 1.165) is 39.1 Å². The van der Waals surface area contributed by atoms with E-state index in [1.165, 1.54) is 0 Å². The Hall–Kier alpha value is -3.12. The number of pyridine rings is 1. The van der Waals surface area contributed by atoms with Gasteiger partial charge in [-0.25, -0.2) is 0 Å². The van der Waals surface area contributed by atoms with E-state index in [9.17, 15) is 9.90 Å². The van der Waals surface area contributed by atoms with E-state index in [1.54, 1.807) is 6.20 Å². The van der Waals surface area contributed by atoms with Crippen LogP contribution in [-0.2, 0) is 13.0 Å². The lowest BCUT2D eigenvalue weighted by molar-refractivity contribution is 0.306. The Balaban J connectivity index is 1.52. The highest BCUT2D eigenvalue weighted by atomic mass is 32.1. The molecule has 0 amide bonds. The molecule has 6 heteroatoms. The van der Waals surface area contributed by atoms with E-state index >= 15 is 0 Å². The molecule has 26 heavy (non-hydrogen) atoms. The first-order valence-corrected chi connectivity index (χ1v) is 8.95. The quantitative estimate of drug-likeness (QED) is 0.564. The van der Waals surface area contributed by atoms with E-state index in [1.807, 2.05) is 54.6 Å². The first-order valence-electron chi connectivity index (χ1n) is 8.14. The molecule has 4 aromatic rings. The number of nitrogens with zero attached hydrogens (tertiary/aromatic N) is 1. The van der Waals surface area contributed by atoms with Crippen LogP contribution in [0, 0.1) is 0 Å². The fourth-order valence-electron chi connectivity index (χ4n) is 2.73. The molecule has 0 aliphatic rings. The number of ether oxygens (including phenoxy) is 1. The van der Waals surface area contributed by atoms with Crippen LogP contribution >= 0.6 is 11.3 Å². The molecule has 0 fully saturated rings. The topological polar surface area (TPSA) is 75.2 Å². The summed E-state index contributed by atoms with van der Waals surface area (Å²) >= 11 is 1.01. The van der Waals surface area contributed by atoms with Crippen LogP contribution < -0.4 is 9.61 Å².